The lowest BCUT2D eigenvalue weighted by atomic mass is 9.95. The molecule has 1 saturated heterocycles. The van der Waals surface area contributed by atoms with Crippen molar-refractivity contribution in [1.29, 1.82) is 0 Å². The number of thioether (sulfide) groups is 1. The molecule has 10 nitrogen and oxygen atoms in total. The third-order valence-electron chi connectivity index (χ3n) is 5.68. The number of nitrogens with zero attached hydrogens (tertiary/aromatic N) is 4. The molecule has 0 bridgehead atoms. The first-order valence-electron chi connectivity index (χ1n) is 11.3. The lowest BCUT2D eigenvalue weighted by Crippen LogP contribution is -2.31. The van der Waals surface area contributed by atoms with Gasteiger partial charge in [-0.1, -0.05) is 23.9 Å². The van der Waals surface area contributed by atoms with E-state index in [9.17, 15) is 4.79 Å². The summed E-state index contributed by atoms with van der Waals surface area (Å²) in [5, 5.41) is 11.6. The van der Waals surface area contributed by atoms with Crippen molar-refractivity contribution in [2.45, 2.75) is 30.8 Å². The Labute approximate surface area is 207 Å². The lowest BCUT2D eigenvalue weighted by molar-refractivity contribution is -0.113. The highest BCUT2D eigenvalue weighted by Gasteiger charge is 2.34. The van der Waals surface area contributed by atoms with E-state index in [1.165, 1.54) is 11.8 Å². The number of pyridine rings is 1. The van der Waals surface area contributed by atoms with Crippen LogP contribution in [0.15, 0.2) is 65.2 Å². The smallest absolute Gasteiger partial charge is 0.255 e. The fourth-order valence-electron chi connectivity index (χ4n) is 4.06. The molecule has 5 rings (SSSR count). The van der Waals surface area contributed by atoms with E-state index in [1.54, 1.807) is 36.3 Å². The minimum absolute atomic E-state index is 0.172. The summed E-state index contributed by atoms with van der Waals surface area (Å²) < 4.78 is 18.2. The Kier molecular flexibility index (Phi) is 6.98. The van der Waals surface area contributed by atoms with Crippen LogP contribution in [-0.2, 0) is 14.3 Å². The summed E-state index contributed by atoms with van der Waals surface area (Å²) in [4.78, 5) is 22.3. The Morgan fingerprint density at radius 2 is 2.14 bits per heavy atom. The van der Waals surface area contributed by atoms with E-state index in [0.29, 0.717) is 47.0 Å². The fourth-order valence-corrected chi connectivity index (χ4v) is 4.85. The first-order chi connectivity index (χ1) is 17.1. The monoisotopic (exact) mass is 494 g/mol. The van der Waals surface area contributed by atoms with Crippen LogP contribution >= 0.6 is 11.8 Å². The molecule has 0 saturated carbocycles. The van der Waals surface area contributed by atoms with Gasteiger partial charge < -0.3 is 24.8 Å². The molecule has 0 aliphatic carbocycles. The predicted molar refractivity (Wildman–Crippen MR) is 131 cm³/mol. The van der Waals surface area contributed by atoms with Crippen LogP contribution in [0.4, 0.5) is 11.6 Å². The third kappa shape index (κ3) is 5.16. The normalized spacial score (nSPS) is 17.7. The van der Waals surface area contributed by atoms with Gasteiger partial charge in [0.1, 0.15) is 11.8 Å². The second-order valence-electron chi connectivity index (χ2n) is 8.01. The van der Waals surface area contributed by atoms with Crippen LogP contribution < -0.4 is 15.4 Å². The molecule has 0 spiro atoms. The standard InChI is InChI=1S/C24H26N6O4S/c1-15-20(22(31)27-17-6-4-9-25-14-17)21(16-5-3-7-18(13-16)32-2)30-23(26-15)28-24(29-30)35-12-8-19-33-10-11-34-19/h3-7,9,13-14,19,21H,8,10-12H2,1-2H3,(H,27,31)(H,26,28,29). The summed E-state index contributed by atoms with van der Waals surface area (Å²) in [6.07, 6.45) is 3.84. The number of hydrogen-bond acceptors (Lipinski definition) is 9. The van der Waals surface area contributed by atoms with E-state index in [1.807, 2.05) is 31.2 Å². The van der Waals surface area contributed by atoms with Gasteiger partial charge in [0.05, 0.1) is 37.8 Å². The Bertz CT molecular complexity index is 1230. The maximum atomic E-state index is 13.5. The van der Waals surface area contributed by atoms with E-state index in [0.717, 1.165) is 17.7 Å². The van der Waals surface area contributed by atoms with Crippen molar-refractivity contribution in [3.63, 3.8) is 0 Å². The van der Waals surface area contributed by atoms with E-state index in [2.05, 4.69) is 20.6 Å². The number of rotatable bonds is 8. The zero-order valence-corrected chi connectivity index (χ0v) is 20.2. The number of fused-ring (bicyclic) bond motifs is 1. The highest BCUT2D eigenvalue weighted by Crippen LogP contribution is 2.37. The molecule has 1 aromatic carbocycles. The summed E-state index contributed by atoms with van der Waals surface area (Å²) in [6.45, 7) is 3.13. The molecule has 4 heterocycles. The zero-order valence-electron chi connectivity index (χ0n) is 19.4. The minimum Gasteiger partial charge on any atom is -0.497 e. The van der Waals surface area contributed by atoms with Crippen molar-refractivity contribution in [2.75, 3.05) is 36.7 Å². The maximum absolute atomic E-state index is 13.5. The van der Waals surface area contributed by atoms with Crippen LogP contribution in [0.2, 0.25) is 0 Å². The first-order valence-corrected chi connectivity index (χ1v) is 12.3. The number of carbonyl (C=O) groups is 1. The van der Waals surface area contributed by atoms with Gasteiger partial charge in [0.25, 0.3) is 5.91 Å². The van der Waals surface area contributed by atoms with Gasteiger partial charge in [0.15, 0.2) is 6.29 Å². The molecule has 1 amide bonds. The second kappa shape index (κ2) is 10.5. The van der Waals surface area contributed by atoms with Crippen molar-refractivity contribution in [2.24, 2.45) is 0 Å². The molecule has 1 atom stereocenters. The number of hydrogen-bond donors (Lipinski definition) is 2. The number of amides is 1. The second-order valence-corrected chi connectivity index (χ2v) is 9.07. The molecule has 182 valence electrons. The largest absolute Gasteiger partial charge is 0.497 e. The lowest BCUT2D eigenvalue weighted by Gasteiger charge is -2.28. The van der Waals surface area contributed by atoms with Gasteiger partial charge in [-0.2, -0.15) is 4.98 Å². The van der Waals surface area contributed by atoms with E-state index in [4.69, 9.17) is 19.3 Å². The Morgan fingerprint density at radius 3 is 2.91 bits per heavy atom. The summed E-state index contributed by atoms with van der Waals surface area (Å²) in [5.74, 6) is 1.77. The average Bonchev–Trinajstić information content (AvgIpc) is 3.53. The van der Waals surface area contributed by atoms with Gasteiger partial charge in [-0.05, 0) is 36.8 Å². The summed E-state index contributed by atoms with van der Waals surface area (Å²) in [7, 11) is 1.62. The third-order valence-corrected chi connectivity index (χ3v) is 6.55. The first kappa shape index (κ1) is 23.3. The van der Waals surface area contributed by atoms with Crippen molar-refractivity contribution in [1.82, 2.24) is 19.7 Å². The molecule has 35 heavy (non-hydrogen) atoms. The molecule has 1 unspecified atom stereocenters. The molecule has 2 aromatic heterocycles. The van der Waals surface area contributed by atoms with E-state index in [-0.39, 0.29) is 12.2 Å². The number of allylic oxidation sites excluding steroid dienone is 1. The molecule has 0 radical (unpaired) electrons. The highest BCUT2D eigenvalue weighted by atomic mass is 32.2. The summed E-state index contributed by atoms with van der Waals surface area (Å²) in [5.41, 5.74) is 2.70. The molecule has 11 heteroatoms. The van der Waals surface area contributed by atoms with E-state index >= 15 is 0 Å². The Morgan fingerprint density at radius 1 is 1.29 bits per heavy atom. The number of benzene rings is 1. The van der Waals surface area contributed by atoms with Crippen LogP contribution in [0.3, 0.4) is 0 Å². The molecule has 2 N–H and O–H groups in total. The molecule has 3 aromatic rings. The number of anilines is 2. The highest BCUT2D eigenvalue weighted by molar-refractivity contribution is 7.99. The molecular formula is C24H26N6O4S. The van der Waals surface area contributed by atoms with Gasteiger partial charge in [0, 0.05) is 24.1 Å². The fraction of sp³-hybridized carbons (Fsp3) is 0.333. The average molecular weight is 495 g/mol. The molecule has 1 fully saturated rings. The van der Waals surface area contributed by atoms with Gasteiger partial charge >= 0.3 is 0 Å². The SMILES string of the molecule is COc1cccc(C2C(C(=O)Nc3cccnc3)=C(C)Nc3nc(SCCC4OCCO4)nn32)c1. The maximum Gasteiger partial charge on any atom is 0.255 e. The van der Waals surface area contributed by atoms with Crippen molar-refractivity contribution in [3.8, 4) is 5.75 Å². The van der Waals surface area contributed by atoms with E-state index < -0.39 is 6.04 Å². The number of methoxy groups -OCH3 is 1. The molecule has 2 aliphatic rings. The van der Waals surface area contributed by atoms with Crippen LogP contribution in [0.25, 0.3) is 0 Å². The van der Waals surface area contributed by atoms with Gasteiger partial charge in [0.2, 0.25) is 11.1 Å². The zero-order chi connectivity index (χ0) is 24.2. The van der Waals surface area contributed by atoms with Gasteiger partial charge in [-0.15, -0.1) is 5.10 Å². The Hall–Kier alpha value is -3.41. The van der Waals surface area contributed by atoms with Crippen molar-refractivity contribution in [3.05, 3.63) is 65.6 Å². The van der Waals surface area contributed by atoms with Gasteiger partial charge in [-0.25, -0.2) is 4.68 Å². The summed E-state index contributed by atoms with van der Waals surface area (Å²) >= 11 is 1.52. The topological polar surface area (TPSA) is 112 Å². The number of carbonyl (C=O) groups excluding carboxylic acids is 1. The van der Waals surface area contributed by atoms with Crippen molar-refractivity contribution < 1.29 is 19.0 Å². The van der Waals surface area contributed by atoms with Crippen LogP contribution in [-0.4, -0.2) is 58.0 Å². The number of ether oxygens (including phenoxy) is 3. The van der Waals surface area contributed by atoms with Crippen LogP contribution in [0.5, 0.6) is 5.75 Å². The molecular weight excluding hydrogens is 468 g/mol. The number of aromatic nitrogens is 4. The van der Waals surface area contributed by atoms with Gasteiger partial charge in [-0.3, -0.25) is 9.78 Å². The predicted octanol–water partition coefficient (Wildman–Crippen LogP) is 3.46. The van der Waals surface area contributed by atoms with Crippen molar-refractivity contribution >= 4 is 29.3 Å². The van der Waals surface area contributed by atoms with Crippen LogP contribution in [0, 0.1) is 0 Å². The molecule has 2 aliphatic heterocycles. The number of nitrogens with one attached hydrogen (secondary N) is 2. The quantitative estimate of drug-likeness (QED) is 0.455. The minimum atomic E-state index is -0.499. The summed E-state index contributed by atoms with van der Waals surface area (Å²) in [6, 6.07) is 10.7. The Balaban J connectivity index is 1.45. The van der Waals surface area contributed by atoms with Crippen LogP contribution in [0.1, 0.15) is 24.9 Å².